The summed E-state index contributed by atoms with van der Waals surface area (Å²) < 4.78 is 34.6. The smallest absolute Gasteiger partial charge is 0.202 e. The number of benzene rings is 1. The quantitative estimate of drug-likeness (QED) is 0.628. The summed E-state index contributed by atoms with van der Waals surface area (Å²) >= 11 is 0. The Balaban J connectivity index is 1.30. The van der Waals surface area contributed by atoms with Crippen LogP contribution in [0.1, 0.15) is 19.3 Å². The van der Waals surface area contributed by atoms with Crippen LogP contribution in [0.3, 0.4) is 0 Å². The molecular weight excluding hydrogens is 402 g/mol. The minimum absolute atomic E-state index is 0.0205. The molecule has 0 unspecified atom stereocenters. The number of pyridine rings is 1. The highest BCUT2D eigenvalue weighted by atomic mass is 19.2. The zero-order valence-corrected chi connectivity index (χ0v) is 16.8. The minimum Gasteiger partial charge on any atom is -0.490 e. The molecule has 31 heavy (non-hydrogen) atoms. The first-order valence-electron chi connectivity index (χ1n) is 10.7. The lowest BCUT2D eigenvalue weighted by atomic mass is 10.2. The topological polar surface area (TPSA) is 75.2 Å². The second-order valence-corrected chi connectivity index (χ2v) is 8.53. The number of fused-ring (bicyclic) bond motifs is 3. The summed E-state index contributed by atoms with van der Waals surface area (Å²) in [6.07, 6.45) is 4.65. The van der Waals surface area contributed by atoms with Crippen LogP contribution in [0.15, 0.2) is 30.6 Å². The largest absolute Gasteiger partial charge is 0.490 e. The third kappa shape index (κ3) is 3.42. The number of anilines is 3. The molecule has 2 saturated heterocycles. The van der Waals surface area contributed by atoms with Crippen molar-refractivity contribution in [1.29, 1.82) is 0 Å². The maximum Gasteiger partial charge on any atom is 0.202 e. The number of ether oxygens (including phenoxy) is 1. The standard InChI is InChI=1S/C22H22F2N6O/c23-19-15(3-5-17(20(19)24)31-10-12-1-2-12)28-22-21-16(26-11-27-22)4-6-18(29-21)30-9-13-7-14(30)8-25-13/h3-6,11-14,25H,1-2,7-10H2,(H,26,27,28)/t13-,14-/m0/s1. The van der Waals surface area contributed by atoms with E-state index in [4.69, 9.17) is 9.72 Å². The fraction of sp³-hybridized carbons (Fsp3) is 0.409. The number of rotatable bonds is 6. The summed E-state index contributed by atoms with van der Waals surface area (Å²) in [5.41, 5.74) is 1.13. The molecule has 1 saturated carbocycles. The van der Waals surface area contributed by atoms with E-state index in [1.165, 1.54) is 18.5 Å². The van der Waals surface area contributed by atoms with E-state index < -0.39 is 11.6 Å². The predicted molar refractivity (Wildman–Crippen MR) is 113 cm³/mol. The van der Waals surface area contributed by atoms with Crippen molar-refractivity contribution in [3.05, 3.63) is 42.2 Å². The van der Waals surface area contributed by atoms with Gasteiger partial charge in [0.1, 0.15) is 17.7 Å². The second-order valence-electron chi connectivity index (χ2n) is 8.53. The van der Waals surface area contributed by atoms with E-state index in [1.807, 2.05) is 12.1 Å². The summed E-state index contributed by atoms with van der Waals surface area (Å²) in [6, 6.07) is 7.65. The molecule has 1 aromatic carbocycles. The van der Waals surface area contributed by atoms with Crippen LogP contribution >= 0.6 is 0 Å². The molecule has 6 rings (SSSR count). The lowest BCUT2D eigenvalue weighted by Crippen LogP contribution is -2.44. The maximum absolute atomic E-state index is 14.7. The fourth-order valence-electron chi connectivity index (χ4n) is 4.38. The number of nitrogens with zero attached hydrogens (tertiary/aromatic N) is 4. The molecule has 0 amide bonds. The molecule has 1 aliphatic carbocycles. The highest BCUT2D eigenvalue weighted by Gasteiger charge is 2.38. The molecule has 2 aliphatic heterocycles. The number of nitrogens with one attached hydrogen (secondary N) is 2. The van der Waals surface area contributed by atoms with Gasteiger partial charge in [0.05, 0.1) is 17.8 Å². The first kappa shape index (κ1) is 18.7. The first-order chi connectivity index (χ1) is 15.2. The molecule has 3 fully saturated rings. The summed E-state index contributed by atoms with van der Waals surface area (Å²) in [4.78, 5) is 15.6. The van der Waals surface area contributed by atoms with Crippen LogP contribution in [-0.4, -0.2) is 46.7 Å². The Hall–Kier alpha value is -3.07. The van der Waals surface area contributed by atoms with Crippen molar-refractivity contribution in [3.8, 4) is 5.75 Å². The molecule has 2 N–H and O–H groups in total. The average Bonchev–Trinajstić information content (AvgIpc) is 3.37. The minimum atomic E-state index is -1.00. The van der Waals surface area contributed by atoms with E-state index in [0.29, 0.717) is 41.5 Å². The van der Waals surface area contributed by atoms with Crippen LogP contribution in [0.25, 0.3) is 11.0 Å². The number of hydrogen-bond donors (Lipinski definition) is 2. The van der Waals surface area contributed by atoms with Crippen LogP contribution in [0, 0.1) is 17.6 Å². The van der Waals surface area contributed by atoms with Crippen molar-refractivity contribution >= 4 is 28.4 Å². The van der Waals surface area contributed by atoms with E-state index in [0.717, 1.165) is 38.2 Å². The highest BCUT2D eigenvalue weighted by Crippen LogP contribution is 2.34. The Morgan fingerprint density at radius 1 is 1.13 bits per heavy atom. The van der Waals surface area contributed by atoms with Crippen LogP contribution in [0.5, 0.6) is 5.75 Å². The van der Waals surface area contributed by atoms with E-state index >= 15 is 0 Å². The van der Waals surface area contributed by atoms with Crippen molar-refractivity contribution in [2.45, 2.75) is 31.3 Å². The Bertz CT molecular complexity index is 1150. The molecule has 160 valence electrons. The van der Waals surface area contributed by atoms with Crippen molar-refractivity contribution in [2.75, 3.05) is 29.9 Å². The average molecular weight is 424 g/mol. The molecule has 3 aromatic rings. The van der Waals surface area contributed by atoms with Crippen LogP contribution < -0.4 is 20.3 Å². The molecule has 2 aromatic heterocycles. The van der Waals surface area contributed by atoms with Gasteiger partial charge in [-0.3, -0.25) is 0 Å². The zero-order valence-electron chi connectivity index (χ0n) is 16.8. The lowest BCUT2D eigenvalue weighted by Gasteiger charge is -2.28. The van der Waals surface area contributed by atoms with E-state index in [2.05, 4.69) is 25.5 Å². The van der Waals surface area contributed by atoms with Crippen molar-refractivity contribution in [1.82, 2.24) is 20.3 Å². The Kier molecular flexibility index (Phi) is 4.38. The monoisotopic (exact) mass is 424 g/mol. The Labute approximate surface area is 177 Å². The number of aromatic nitrogens is 3. The van der Waals surface area contributed by atoms with Crippen LogP contribution in [0.2, 0.25) is 0 Å². The third-order valence-corrected chi connectivity index (χ3v) is 6.29. The maximum atomic E-state index is 14.7. The van der Waals surface area contributed by atoms with Gasteiger partial charge in [-0.05, 0) is 49.4 Å². The van der Waals surface area contributed by atoms with Gasteiger partial charge in [0.25, 0.3) is 0 Å². The van der Waals surface area contributed by atoms with Gasteiger partial charge in [-0.15, -0.1) is 0 Å². The van der Waals surface area contributed by atoms with Gasteiger partial charge in [0.2, 0.25) is 5.82 Å². The molecule has 4 heterocycles. The number of piperazine rings is 1. The summed E-state index contributed by atoms with van der Waals surface area (Å²) in [7, 11) is 0. The van der Waals surface area contributed by atoms with Crippen molar-refractivity contribution in [3.63, 3.8) is 0 Å². The van der Waals surface area contributed by atoms with Gasteiger partial charge >= 0.3 is 0 Å². The molecule has 0 radical (unpaired) electrons. The first-order valence-corrected chi connectivity index (χ1v) is 10.7. The van der Waals surface area contributed by atoms with Gasteiger partial charge in [0.15, 0.2) is 17.4 Å². The molecule has 3 aliphatic rings. The molecule has 0 spiro atoms. The third-order valence-electron chi connectivity index (χ3n) is 6.29. The number of hydrogen-bond acceptors (Lipinski definition) is 7. The van der Waals surface area contributed by atoms with Gasteiger partial charge in [-0.25, -0.2) is 19.3 Å². The van der Waals surface area contributed by atoms with Gasteiger partial charge in [0, 0.05) is 25.2 Å². The normalized spacial score (nSPS) is 22.3. The van der Waals surface area contributed by atoms with E-state index in [9.17, 15) is 8.78 Å². The van der Waals surface area contributed by atoms with Crippen LogP contribution in [0.4, 0.5) is 26.1 Å². The molecule has 7 nitrogen and oxygen atoms in total. The zero-order chi connectivity index (χ0) is 20.9. The Morgan fingerprint density at radius 2 is 2.03 bits per heavy atom. The Morgan fingerprint density at radius 3 is 2.81 bits per heavy atom. The molecule has 9 heteroatoms. The van der Waals surface area contributed by atoms with Crippen LogP contribution in [-0.2, 0) is 0 Å². The lowest BCUT2D eigenvalue weighted by molar-refractivity contribution is 0.280. The van der Waals surface area contributed by atoms with Crippen molar-refractivity contribution in [2.24, 2.45) is 5.92 Å². The summed E-state index contributed by atoms with van der Waals surface area (Å²) in [5.74, 6) is -0.443. The summed E-state index contributed by atoms with van der Waals surface area (Å²) in [5, 5.41) is 6.37. The highest BCUT2D eigenvalue weighted by molar-refractivity contribution is 5.88. The number of halogens is 2. The van der Waals surface area contributed by atoms with E-state index in [-0.39, 0.29) is 11.4 Å². The molecule has 2 bridgehead atoms. The van der Waals surface area contributed by atoms with E-state index in [1.54, 1.807) is 0 Å². The second kappa shape index (κ2) is 7.26. The molecule has 2 atom stereocenters. The van der Waals surface area contributed by atoms with Gasteiger partial charge in [-0.2, -0.15) is 4.39 Å². The fourth-order valence-corrected chi connectivity index (χ4v) is 4.38. The predicted octanol–water partition coefficient (Wildman–Crippen LogP) is 3.39. The van der Waals surface area contributed by atoms with Crippen molar-refractivity contribution < 1.29 is 13.5 Å². The molecular formula is C22H22F2N6O. The van der Waals surface area contributed by atoms with Gasteiger partial charge < -0.3 is 20.3 Å². The van der Waals surface area contributed by atoms with Gasteiger partial charge in [-0.1, -0.05) is 0 Å². The summed E-state index contributed by atoms with van der Waals surface area (Å²) in [6.45, 7) is 2.27. The SMILES string of the molecule is Fc1c(Nc2ncnc3ccc(N4C[C@@H]5C[C@H]4CN5)nc23)ccc(OCC2CC2)c1F.